The normalized spacial score (nSPS) is 12.4. The maximum Gasteiger partial charge on any atom is 0.524 e. The van der Waals surface area contributed by atoms with Gasteiger partial charge >= 0.3 is 13.8 Å². The van der Waals surface area contributed by atoms with Crippen LogP contribution in [0, 0.1) is 0 Å². The largest absolute Gasteiger partial charge is 0.524 e. The summed E-state index contributed by atoms with van der Waals surface area (Å²) in [5.74, 6) is -0.231. The highest BCUT2D eigenvalue weighted by atomic mass is 31.2. The predicted octanol–water partition coefficient (Wildman–Crippen LogP) is 2.74. The smallest absolute Gasteiger partial charge is 0.497 e. The molecule has 22 heavy (non-hydrogen) atoms. The number of benzene rings is 1. The van der Waals surface area contributed by atoms with Crippen molar-refractivity contribution < 1.29 is 33.1 Å². The van der Waals surface area contributed by atoms with Gasteiger partial charge in [-0.05, 0) is 31.5 Å². The van der Waals surface area contributed by atoms with Gasteiger partial charge < -0.3 is 14.0 Å². The molecule has 0 aliphatic heterocycles. The van der Waals surface area contributed by atoms with Crippen molar-refractivity contribution in [3.05, 3.63) is 35.9 Å². The van der Waals surface area contributed by atoms with Gasteiger partial charge in [0.25, 0.3) is 0 Å². The topological polar surface area (TPSA) is 102 Å². The second kappa shape index (κ2) is 7.45. The summed E-state index contributed by atoms with van der Waals surface area (Å²) in [7, 11) is -3.29. The fraction of sp³-hybridized carbons (Fsp3) is 0.357. The minimum Gasteiger partial charge on any atom is -0.497 e. The molecule has 0 amide bonds. The highest BCUT2D eigenvalue weighted by Gasteiger charge is 2.25. The number of esters is 1. The molecule has 0 heterocycles. The van der Waals surface area contributed by atoms with Crippen LogP contribution in [-0.4, -0.2) is 22.9 Å². The minimum absolute atomic E-state index is 0.0736. The van der Waals surface area contributed by atoms with Crippen molar-refractivity contribution in [1.29, 1.82) is 0 Å². The number of phosphoric acid groups is 1. The summed E-state index contributed by atoms with van der Waals surface area (Å²) in [6, 6.07) is 4.34. The average molecular weight is 330 g/mol. The van der Waals surface area contributed by atoms with Crippen LogP contribution >= 0.6 is 7.82 Å². The number of carbonyl (C=O) groups excluding carboxylic acids is 1. The van der Waals surface area contributed by atoms with E-state index in [2.05, 4.69) is 11.1 Å². The molecular weight excluding hydrogens is 311 g/mol. The summed E-state index contributed by atoms with van der Waals surface area (Å²) in [5.41, 5.74) is 0.526. The van der Waals surface area contributed by atoms with E-state index in [0.717, 1.165) is 0 Å². The molecular formula is C14H19O7P. The van der Waals surface area contributed by atoms with E-state index >= 15 is 0 Å². The van der Waals surface area contributed by atoms with Crippen molar-refractivity contribution in [2.75, 3.05) is 7.11 Å². The number of methoxy groups -OCH3 is 1. The van der Waals surface area contributed by atoms with Crippen molar-refractivity contribution in [2.45, 2.75) is 26.4 Å². The number of ether oxygens (including phenoxy) is 2. The molecule has 1 rings (SSSR count). The Bertz CT molecular complexity index is 605. The van der Waals surface area contributed by atoms with Crippen LogP contribution in [0.15, 0.2) is 30.4 Å². The van der Waals surface area contributed by atoms with E-state index in [0.29, 0.717) is 17.7 Å². The van der Waals surface area contributed by atoms with Gasteiger partial charge in [-0.1, -0.05) is 13.5 Å². The molecule has 2 N–H and O–H groups in total. The quantitative estimate of drug-likeness (QED) is 0.450. The lowest BCUT2D eigenvalue weighted by molar-refractivity contribution is -0.144. The molecule has 1 atom stereocenters. The van der Waals surface area contributed by atoms with Crippen LogP contribution < -0.4 is 9.26 Å². The molecule has 0 radical (unpaired) electrons. The molecule has 0 aliphatic carbocycles. The summed E-state index contributed by atoms with van der Waals surface area (Å²) in [6.07, 6.45) is -0.371. The first-order chi connectivity index (χ1) is 10.2. The van der Waals surface area contributed by atoms with Crippen LogP contribution in [0.3, 0.4) is 0 Å². The Kier molecular flexibility index (Phi) is 6.17. The van der Waals surface area contributed by atoms with E-state index < -0.39 is 19.9 Å². The molecule has 0 fully saturated rings. The Hall–Kier alpha value is -1.82. The van der Waals surface area contributed by atoms with Crippen LogP contribution in [0.5, 0.6) is 11.5 Å². The number of phosphoric ester groups is 1. The molecule has 7 nitrogen and oxygen atoms in total. The summed E-state index contributed by atoms with van der Waals surface area (Å²) < 4.78 is 26.1. The number of carbonyl (C=O) groups is 1. The van der Waals surface area contributed by atoms with Gasteiger partial charge in [0.1, 0.15) is 17.6 Å². The first-order valence-electron chi connectivity index (χ1n) is 6.47. The molecule has 0 aliphatic rings. The third kappa shape index (κ3) is 5.18. The Labute approximate surface area is 128 Å². The molecule has 0 spiro atoms. The summed E-state index contributed by atoms with van der Waals surface area (Å²) in [4.78, 5) is 29.7. The van der Waals surface area contributed by atoms with Crippen LogP contribution in [0.25, 0.3) is 0 Å². The van der Waals surface area contributed by atoms with Crippen LogP contribution in [0.2, 0.25) is 0 Å². The molecule has 122 valence electrons. The fourth-order valence-corrected chi connectivity index (χ4v) is 2.14. The van der Waals surface area contributed by atoms with Crippen molar-refractivity contribution in [2.24, 2.45) is 0 Å². The third-order valence-corrected chi connectivity index (χ3v) is 3.18. The van der Waals surface area contributed by atoms with E-state index in [1.165, 1.54) is 32.2 Å². The Morgan fingerprint density at radius 2 is 2.05 bits per heavy atom. The monoisotopic (exact) mass is 330 g/mol. The zero-order valence-electron chi connectivity index (χ0n) is 12.6. The molecule has 0 saturated carbocycles. The summed E-state index contributed by atoms with van der Waals surface area (Å²) >= 11 is 0. The zero-order valence-corrected chi connectivity index (χ0v) is 13.5. The highest BCUT2D eigenvalue weighted by molar-refractivity contribution is 7.46. The SMILES string of the molecule is C=C(C)C(=O)OC(CC)c1cc(OC)ccc1OP(=O)(O)O. The van der Waals surface area contributed by atoms with Crippen molar-refractivity contribution >= 4 is 13.8 Å². The molecule has 0 aromatic heterocycles. The van der Waals surface area contributed by atoms with Gasteiger partial charge in [0.05, 0.1) is 7.11 Å². The second-order valence-electron chi connectivity index (χ2n) is 4.57. The molecule has 1 unspecified atom stereocenters. The predicted molar refractivity (Wildman–Crippen MR) is 79.6 cm³/mol. The van der Waals surface area contributed by atoms with E-state index in [-0.39, 0.29) is 11.3 Å². The summed E-state index contributed by atoms with van der Waals surface area (Å²) in [6.45, 7) is 6.77. The first kappa shape index (κ1) is 18.2. The second-order valence-corrected chi connectivity index (χ2v) is 5.73. The lowest BCUT2D eigenvalue weighted by atomic mass is 10.1. The molecule has 0 bridgehead atoms. The Balaban J connectivity index is 3.23. The number of hydrogen-bond donors (Lipinski definition) is 2. The standard InChI is InChI=1S/C14H19O7P/c1-5-12(20-14(15)9(2)3)11-8-10(19-4)6-7-13(11)21-22(16,17)18/h6-8,12H,2,5H2,1,3-4H3,(H2,16,17,18). The van der Waals surface area contributed by atoms with Crippen molar-refractivity contribution in [1.82, 2.24) is 0 Å². The lowest BCUT2D eigenvalue weighted by Gasteiger charge is -2.20. The third-order valence-electron chi connectivity index (χ3n) is 2.75. The van der Waals surface area contributed by atoms with Crippen molar-refractivity contribution in [3.8, 4) is 11.5 Å². The zero-order chi connectivity index (χ0) is 16.9. The van der Waals surface area contributed by atoms with Gasteiger partial charge in [0.2, 0.25) is 0 Å². The summed E-state index contributed by atoms with van der Waals surface area (Å²) in [5, 5.41) is 0. The average Bonchev–Trinajstić information content (AvgIpc) is 2.43. The Morgan fingerprint density at radius 3 is 2.50 bits per heavy atom. The van der Waals surface area contributed by atoms with E-state index in [1.807, 2.05) is 0 Å². The van der Waals surface area contributed by atoms with Gasteiger partial charge in [0.15, 0.2) is 0 Å². The molecule has 1 aromatic carbocycles. The van der Waals surface area contributed by atoms with Crippen LogP contribution in [-0.2, 0) is 14.1 Å². The van der Waals surface area contributed by atoms with Gasteiger partial charge in [-0.2, -0.15) is 0 Å². The lowest BCUT2D eigenvalue weighted by Crippen LogP contribution is -2.12. The number of hydrogen-bond acceptors (Lipinski definition) is 5. The van der Waals surface area contributed by atoms with Gasteiger partial charge in [-0.25, -0.2) is 9.36 Å². The van der Waals surface area contributed by atoms with Crippen LogP contribution in [0.1, 0.15) is 31.9 Å². The van der Waals surface area contributed by atoms with E-state index in [1.54, 1.807) is 6.92 Å². The fourth-order valence-electron chi connectivity index (χ4n) is 1.71. The maximum atomic E-state index is 11.7. The molecule has 8 heteroatoms. The van der Waals surface area contributed by atoms with Gasteiger partial charge in [-0.15, -0.1) is 0 Å². The van der Waals surface area contributed by atoms with Crippen LogP contribution in [0.4, 0.5) is 0 Å². The van der Waals surface area contributed by atoms with Gasteiger partial charge in [-0.3, -0.25) is 9.79 Å². The minimum atomic E-state index is -4.74. The van der Waals surface area contributed by atoms with E-state index in [4.69, 9.17) is 19.3 Å². The van der Waals surface area contributed by atoms with Crippen molar-refractivity contribution in [3.63, 3.8) is 0 Å². The van der Waals surface area contributed by atoms with E-state index in [9.17, 15) is 9.36 Å². The number of rotatable bonds is 7. The highest BCUT2D eigenvalue weighted by Crippen LogP contribution is 2.43. The first-order valence-corrected chi connectivity index (χ1v) is 8.00. The molecule has 0 saturated heterocycles. The Morgan fingerprint density at radius 1 is 1.41 bits per heavy atom. The van der Waals surface area contributed by atoms with Gasteiger partial charge in [0, 0.05) is 11.1 Å². The molecule has 1 aromatic rings. The maximum absolute atomic E-state index is 11.7.